The first-order valence-electron chi connectivity index (χ1n) is 2.61. The first kappa shape index (κ1) is 16.3. The molecule has 0 amide bonds. The molecule has 0 aliphatic rings. The van der Waals surface area contributed by atoms with Gasteiger partial charge in [-0.25, -0.2) is 19.6 Å². The predicted octanol–water partition coefficient (Wildman–Crippen LogP) is 2.66. The zero-order chi connectivity index (χ0) is 7.21. The monoisotopic (exact) mass is 194 g/mol. The van der Waals surface area contributed by atoms with Gasteiger partial charge in [-0.2, -0.15) is 0 Å². The Hall–Kier alpha value is 0.559. The summed E-state index contributed by atoms with van der Waals surface area (Å²) in [6, 6.07) is 0. The third-order valence-corrected chi connectivity index (χ3v) is 0. The van der Waals surface area contributed by atoms with E-state index in [-0.39, 0.29) is 17.1 Å². The van der Waals surface area contributed by atoms with Crippen LogP contribution in [-0.4, -0.2) is 5.16 Å². The Balaban J connectivity index is -0.0000000800. The van der Waals surface area contributed by atoms with Crippen molar-refractivity contribution in [1.29, 1.82) is 0 Å². The molecule has 1 atom stereocenters. The molecule has 0 saturated heterocycles. The fraction of sp³-hybridized carbons (Fsp3) is 0.571. The maximum Gasteiger partial charge on any atom is 1.00 e. The summed E-state index contributed by atoms with van der Waals surface area (Å²) in [5.41, 5.74) is 0. The summed E-state index contributed by atoms with van der Waals surface area (Å²) < 4.78 is 0. The van der Waals surface area contributed by atoms with Gasteiger partial charge in [-0.15, -0.1) is 9.24 Å². The van der Waals surface area contributed by atoms with Gasteiger partial charge in [0, 0.05) is 0 Å². The molecule has 0 aromatic rings. The maximum atomic E-state index is 3.25. The molecule has 0 heterocycles. The van der Waals surface area contributed by atoms with Gasteiger partial charge in [0.25, 0.3) is 0 Å². The smallest absolute Gasteiger partial charge is 0.245 e. The van der Waals surface area contributed by atoms with Gasteiger partial charge < -0.3 is 0 Å². The van der Waals surface area contributed by atoms with E-state index < -0.39 is 0 Å². The molecule has 0 aromatic heterocycles. The molecule has 2 heteroatoms. The molecule has 0 radical (unpaired) electrons. The van der Waals surface area contributed by atoms with Crippen LogP contribution >= 0.6 is 9.24 Å². The second-order valence-corrected chi connectivity index (χ2v) is 4.39. The Bertz CT molecular complexity index is 48.4. The van der Waals surface area contributed by atoms with E-state index in [1.807, 2.05) is 0 Å². The SMILES string of the molecule is C=C[CH2-].CC(C)(C)P.[Cu+]. The molecular formula is C7H16CuP. The molecule has 0 saturated carbocycles. The zero-order valence-corrected chi connectivity index (χ0v) is 8.47. The predicted molar refractivity (Wildman–Crippen MR) is 45.0 cm³/mol. The Kier molecular flexibility index (Phi) is 15.5. The molecule has 0 fully saturated rings. The molecule has 1 unspecified atom stereocenters. The molecule has 0 nitrogen and oxygen atoms in total. The summed E-state index contributed by atoms with van der Waals surface area (Å²) in [4.78, 5) is 0. The minimum Gasteiger partial charge on any atom is -0.245 e. The number of allylic oxidation sites excluding steroid dienone is 1. The van der Waals surface area contributed by atoms with Crippen LogP contribution in [0.3, 0.4) is 0 Å². The van der Waals surface area contributed by atoms with Gasteiger partial charge >= 0.3 is 17.1 Å². The number of hydrogen-bond acceptors (Lipinski definition) is 0. The van der Waals surface area contributed by atoms with Gasteiger partial charge in [-0.1, -0.05) is 20.8 Å². The summed E-state index contributed by atoms with van der Waals surface area (Å²) in [5.74, 6) is 0. The van der Waals surface area contributed by atoms with Crippen LogP contribution in [0.25, 0.3) is 0 Å². The van der Waals surface area contributed by atoms with Crippen molar-refractivity contribution in [1.82, 2.24) is 0 Å². The molecule has 0 spiro atoms. The number of hydrogen-bond donors (Lipinski definition) is 0. The minimum atomic E-state index is 0. The zero-order valence-electron chi connectivity index (χ0n) is 6.37. The van der Waals surface area contributed by atoms with Crippen molar-refractivity contribution in [3.63, 3.8) is 0 Å². The average Bonchev–Trinajstić information content (AvgIpc) is 1.27. The van der Waals surface area contributed by atoms with Crippen LogP contribution in [0, 0.1) is 6.92 Å². The number of rotatable bonds is 0. The van der Waals surface area contributed by atoms with Crippen molar-refractivity contribution in [3.05, 3.63) is 19.6 Å². The molecule has 0 N–H and O–H groups in total. The van der Waals surface area contributed by atoms with Crippen molar-refractivity contribution < 1.29 is 17.1 Å². The molecule has 60 valence electrons. The van der Waals surface area contributed by atoms with E-state index in [0.717, 1.165) is 0 Å². The normalized spacial score (nSPS) is 8.00. The molecule has 0 aliphatic heterocycles. The van der Waals surface area contributed by atoms with Crippen molar-refractivity contribution >= 4 is 9.24 Å². The van der Waals surface area contributed by atoms with Crippen molar-refractivity contribution in [2.75, 3.05) is 0 Å². The first-order chi connectivity index (χ1) is 3.41. The second kappa shape index (κ2) is 8.56. The standard InChI is InChI=1S/C4H11P.C3H5.Cu/c1-4(2,3)5;1-3-2;/h5H2,1-3H3;3H,1-2H2;/q;-1;+1. The van der Waals surface area contributed by atoms with Crippen molar-refractivity contribution in [2.24, 2.45) is 0 Å². The van der Waals surface area contributed by atoms with Gasteiger partial charge in [-0.05, 0) is 5.16 Å². The molecule has 0 rings (SSSR count). The van der Waals surface area contributed by atoms with E-state index in [9.17, 15) is 0 Å². The van der Waals surface area contributed by atoms with Crippen molar-refractivity contribution in [2.45, 2.75) is 25.9 Å². The first-order valence-corrected chi connectivity index (χ1v) is 3.18. The Morgan fingerprint density at radius 3 is 1.44 bits per heavy atom. The van der Waals surface area contributed by atoms with E-state index in [0.29, 0.717) is 5.16 Å². The van der Waals surface area contributed by atoms with E-state index in [4.69, 9.17) is 0 Å². The summed E-state index contributed by atoms with van der Waals surface area (Å²) in [6.45, 7) is 13.0. The van der Waals surface area contributed by atoms with Crippen LogP contribution in [0.2, 0.25) is 0 Å². The second-order valence-electron chi connectivity index (χ2n) is 2.65. The van der Waals surface area contributed by atoms with E-state index >= 15 is 0 Å². The van der Waals surface area contributed by atoms with E-state index in [2.05, 4.69) is 43.5 Å². The average molecular weight is 195 g/mol. The van der Waals surface area contributed by atoms with Crippen LogP contribution in [0.5, 0.6) is 0 Å². The van der Waals surface area contributed by atoms with Crippen LogP contribution in [0.15, 0.2) is 12.7 Å². The molecule has 0 aliphatic carbocycles. The van der Waals surface area contributed by atoms with Gasteiger partial charge in [0.05, 0.1) is 0 Å². The summed E-state index contributed by atoms with van der Waals surface area (Å²) in [6.07, 6.45) is 1.50. The maximum absolute atomic E-state index is 3.25. The van der Waals surface area contributed by atoms with E-state index in [1.54, 1.807) is 0 Å². The van der Waals surface area contributed by atoms with Crippen LogP contribution in [0.4, 0.5) is 0 Å². The summed E-state index contributed by atoms with van der Waals surface area (Å²) in [5, 5.41) is 0.417. The quantitative estimate of drug-likeness (QED) is 0.316. The van der Waals surface area contributed by atoms with Crippen LogP contribution in [0.1, 0.15) is 20.8 Å². The largest absolute Gasteiger partial charge is 1.00 e. The molecule has 0 bridgehead atoms. The molecule has 0 aromatic carbocycles. The Morgan fingerprint density at radius 2 is 1.44 bits per heavy atom. The van der Waals surface area contributed by atoms with Gasteiger partial charge in [0.15, 0.2) is 0 Å². The summed E-state index contributed by atoms with van der Waals surface area (Å²) >= 11 is 0. The fourth-order valence-electron chi connectivity index (χ4n) is 0. The van der Waals surface area contributed by atoms with Gasteiger partial charge in [0.1, 0.15) is 0 Å². The van der Waals surface area contributed by atoms with Crippen LogP contribution in [-0.2, 0) is 17.1 Å². The third-order valence-electron chi connectivity index (χ3n) is 0. The van der Waals surface area contributed by atoms with Crippen LogP contribution < -0.4 is 0 Å². The summed E-state index contributed by atoms with van der Waals surface area (Å²) in [7, 11) is 2.72. The Morgan fingerprint density at radius 1 is 1.44 bits per heavy atom. The van der Waals surface area contributed by atoms with Crippen molar-refractivity contribution in [3.8, 4) is 0 Å². The van der Waals surface area contributed by atoms with Gasteiger partial charge in [-0.3, -0.25) is 0 Å². The topological polar surface area (TPSA) is 0 Å². The third kappa shape index (κ3) is 1180. The van der Waals surface area contributed by atoms with E-state index in [1.165, 1.54) is 6.08 Å². The van der Waals surface area contributed by atoms with Gasteiger partial charge in [0.2, 0.25) is 0 Å². The molecule has 9 heavy (non-hydrogen) atoms. The minimum absolute atomic E-state index is 0. The Labute approximate surface area is 72.2 Å². The fourth-order valence-corrected chi connectivity index (χ4v) is 0. The molecular weight excluding hydrogens is 179 g/mol.